The summed E-state index contributed by atoms with van der Waals surface area (Å²) in [5.74, 6) is 2.02. The van der Waals surface area contributed by atoms with Gasteiger partial charge in [0.1, 0.15) is 12.2 Å². The number of anilines is 1. The molecule has 0 radical (unpaired) electrons. The van der Waals surface area contributed by atoms with Gasteiger partial charge in [0.2, 0.25) is 5.67 Å². The number of nitrogen functional groups attached to an aromatic ring is 1. The minimum Gasteiger partial charge on any atom is -0.386 e. The van der Waals surface area contributed by atoms with E-state index in [0.717, 1.165) is 13.8 Å². The smallest absolute Gasteiger partial charge is 0.386 e. The van der Waals surface area contributed by atoms with Gasteiger partial charge in [0, 0.05) is 0 Å². The highest BCUT2D eigenvalue weighted by molar-refractivity contribution is 7.66. The lowest BCUT2D eigenvalue weighted by atomic mass is 9.94. The third-order valence-electron chi connectivity index (χ3n) is 4.07. The second-order valence-corrected chi connectivity index (χ2v) is 11.0. The van der Waals surface area contributed by atoms with Gasteiger partial charge in [-0.15, -0.1) is 5.92 Å². The Morgan fingerprint density at radius 2 is 1.85 bits per heavy atom. The van der Waals surface area contributed by atoms with Gasteiger partial charge in [-0.05, 0) is 13.8 Å². The van der Waals surface area contributed by atoms with Crippen LogP contribution in [0.4, 0.5) is 14.6 Å². The number of nitrogens with zero attached hydrogens (tertiary/aromatic N) is 2. The average Bonchev–Trinajstić information content (AvgIpc) is 2.86. The molecule has 34 heavy (non-hydrogen) atoms. The minimum absolute atomic E-state index is 0.275. The second-order valence-electron chi connectivity index (χ2n) is 6.61. The predicted octanol–water partition coefficient (Wildman–Crippen LogP) is -0.314. The monoisotopic (exact) mass is 555 g/mol. The van der Waals surface area contributed by atoms with E-state index in [2.05, 4.69) is 24.0 Å². The molecule has 21 heteroatoms. The number of aromatic nitrogens is 2. The van der Waals surface area contributed by atoms with Crippen molar-refractivity contribution < 1.29 is 65.0 Å². The molecule has 1 aliphatic rings. The molecule has 1 aromatic heterocycles. The van der Waals surface area contributed by atoms with Crippen LogP contribution in [0.2, 0.25) is 0 Å². The topological polar surface area (TPSA) is 250 Å². The first-order valence-corrected chi connectivity index (χ1v) is 13.2. The van der Waals surface area contributed by atoms with E-state index in [0.29, 0.717) is 6.20 Å². The molecule has 7 N–H and O–H groups in total. The third kappa shape index (κ3) is 6.55. The van der Waals surface area contributed by atoms with E-state index in [1.807, 2.05) is 5.92 Å². The van der Waals surface area contributed by atoms with Gasteiger partial charge in [-0.2, -0.15) is 13.6 Å². The van der Waals surface area contributed by atoms with Crippen LogP contribution in [0.1, 0.15) is 20.1 Å². The molecular formula is C13H18F2N3O13P3. The SMILES string of the molecule is CC#CC1(F)[C@@H](O)[C@@H]([C@@H](C)OP(=O)(O)OP(=O)(O)OP(=O)(O)O)O[C@H]1n1cc(F)c(N)nc1=O. The fraction of sp³-hybridized carbons (Fsp3) is 0.538. The molecular weight excluding hydrogens is 537 g/mol. The Balaban J connectivity index is 2.35. The molecule has 0 aliphatic carbocycles. The van der Waals surface area contributed by atoms with Crippen molar-refractivity contribution in [1.82, 2.24) is 9.55 Å². The Morgan fingerprint density at radius 1 is 1.26 bits per heavy atom. The van der Waals surface area contributed by atoms with E-state index in [1.165, 1.54) is 0 Å². The molecule has 0 saturated carbocycles. The van der Waals surface area contributed by atoms with Crippen LogP contribution in [-0.2, 0) is 31.6 Å². The number of ether oxygens (including phenoxy) is 1. The van der Waals surface area contributed by atoms with E-state index in [9.17, 15) is 37.8 Å². The minimum atomic E-state index is -5.86. The van der Waals surface area contributed by atoms with Crippen molar-refractivity contribution in [2.45, 2.75) is 44.1 Å². The van der Waals surface area contributed by atoms with E-state index >= 15 is 4.39 Å². The van der Waals surface area contributed by atoms with Crippen molar-refractivity contribution in [3.8, 4) is 11.8 Å². The molecule has 0 amide bonds. The lowest BCUT2D eigenvalue weighted by Gasteiger charge is -2.25. The Kier molecular flexibility index (Phi) is 8.28. The van der Waals surface area contributed by atoms with Crippen LogP contribution in [0.5, 0.6) is 0 Å². The number of nitrogens with two attached hydrogens (primary N) is 1. The highest BCUT2D eigenvalue weighted by atomic mass is 31.3. The maximum atomic E-state index is 15.7. The first-order chi connectivity index (χ1) is 15.3. The van der Waals surface area contributed by atoms with Gasteiger partial charge in [-0.3, -0.25) is 9.09 Å². The highest BCUT2D eigenvalue weighted by Crippen LogP contribution is 2.66. The first kappa shape index (κ1) is 28.7. The molecule has 16 nitrogen and oxygen atoms in total. The lowest BCUT2D eigenvalue weighted by molar-refractivity contribution is -0.0783. The number of rotatable bonds is 8. The Hall–Kier alpha value is -1.57. The number of aliphatic hydroxyl groups is 1. The van der Waals surface area contributed by atoms with Crippen molar-refractivity contribution in [2.75, 3.05) is 5.73 Å². The van der Waals surface area contributed by atoms with E-state index in [-0.39, 0.29) is 4.57 Å². The second kappa shape index (κ2) is 9.82. The zero-order valence-electron chi connectivity index (χ0n) is 17.0. The number of hydrogen-bond donors (Lipinski definition) is 6. The average molecular weight is 555 g/mol. The van der Waals surface area contributed by atoms with Crippen LogP contribution in [-0.4, -0.2) is 58.2 Å². The molecule has 7 atom stereocenters. The quantitative estimate of drug-likeness (QED) is 0.178. The van der Waals surface area contributed by atoms with Gasteiger partial charge in [0.15, 0.2) is 17.9 Å². The Morgan fingerprint density at radius 3 is 2.38 bits per heavy atom. The van der Waals surface area contributed by atoms with E-state index in [4.69, 9.17) is 20.3 Å². The van der Waals surface area contributed by atoms with Crippen molar-refractivity contribution in [1.29, 1.82) is 0 Å². The molecule has 1 fully saturated rings. The van der Waals surface area contributed by atoms with Gasteiger partial charge in [-0.1, -0.05) is 5.92 Å². The molecule has 192 valence electrons. The lowest BCUT2D eigenvalue weighted by Crippen LogP contribution is -2.45. The highest BCUT2D eigenvalue weighted by Gasteiger charge is 2.60. The molecule has 0 spiro atoms. The summed E-state index contributed by atoms with van der Waals surface area (Å²) in [5, 5.41) is 10.5. The van der Waals surface area contributed by atoms with Gasteiger partial charge >= 0.3 is 29.2 Å². The zero-order chi connectivity index (χ0) is 26.3. The van der Waals surface area contributed by atoms with Crippen molar-refractivity contribution >= 4 is 29.3 Å². The van der Waals surface area contributed by atoms with Crippen LogP contribution in [0, 0.1) is 17.7 Å². The third-order valence-corrected chi connectivity index (χ3v) is 7.99. The number of aliphatic hydroxyl groups excluding tert-OH is 1. The van der Waals surface area contributed by atoms with Crippen LogP contribution in [0.25, 0.3) is 0 Å². The number of phosphoric acid groups is 3. The normalized spacial score (nSPS) is 29.5. The summed E-state index contributed by atoms with van der Waals surface area (Å²) in [7, 11) is -17.2. The van der Waals surface area contributed by atoms with Crippen molar-refractivity contribution in [3.05, 3.63) is 22.5 Å². The van der Waals surface area contributed by atoms with E-state index in [1.54, 1.807) is 0 Å². The first-order valence-electron chi connectivity index (χ1n) is 8.64. The molecule has 1 saturated heterocycles. The summed E-state index contributed by atoms with van der Waals surface area (Å²) in [6, 6.07) is 0. The van der Waals surface area contributed by atoms with Crippen LogP contribution in [0.3, 0.4) is 0 Å². The number of phosphoric ester groups is 1. The predicted molar refractivity (Wildman–Crippen MR) is 104 cm³/mol. The molecule has 1 aliphatic heterocycles. The van der Waals surface area contributed by atoms with E-state index < -0.39 is 71.0 Å². The van der Waals surface area contributed by atoms with Crippen LogP contribution in [0.15, 0.2) is 11.0 Å². The number of halogens is 2. The molecule has 3 unspecified atom stereocenters. The molecule has 1 aromatic rings. The van der Waals surface area contributed by atoms with Crippen molar-refractivity contribution in [3.63, 3.8) is 0 Å². The van der Waals surface area contributed by atoms with Gasteiger partial charge < -0.3 is 35.2 Å². The number of hydrogen-bond acceptors (Lipinski definition) is 11. The summed E-state index contributed by atoms with van der Waals surface area (Å²) in [6.07, 6.45) is -7.93. The summed E-state index contributed by atoms with van der Waals surface area (Å²) in [6.45, 7) is 2.04. The maximum Gasteiger partial charge on any atom is 0.490 e. The zero-order valence-corrected chi connectivity index (χ0v) is 19.6. The summed E-state index contributed by atoms with van der Waals surface area (Å²) >= 11 is 0. The molecule has 0 bridgehead atoms. The molecule has 0 aromatic carbocycles. The van der Waals surface area contributed by atoms with Crippen LogP contribution >= 0.6 is 23.5 Å². The molecule has 2 heterocycles. The van der Waals surface area contributed by atoms with Gasteiger partial charge in [-0.25, -0.2) is 27.3 Å². The largest absolute Gasteiger partial charge is 0.490 e. The summed E-state index contributed by atoms with van der Waals surface area (Å²) in [5.41, 5.74) is 0.723. The summed E-state index contributed by atoms with van der Waals surface area (Å²) in [4.78, 5) is 51.2. The van der Waals surface area contributed by atoms with Gasteiger partial charge in [0.25, 0.3) is 0 Å². The summed E-state index contributed by atoms with van der Waals surface area (Å²) < 4.78 is 80.8. The Bertz CT molecular complexity index is 1210. The standard InChI is InChI=1S/C13H18F2N3O13P3/c1-3-4-13(15)9(19)8(28-11(13)18-5-7(14)10(16)17-12(18)20)6(2)29-33(24,25)31-34(26,27)30-32(21,22)23/h5-6,8-9,11,19H,1-2H3,(H,24,25)(H,26,27)(H2,16,17,20)(H2,21,22,23)/t6-,8-,9+,11-,13?/m1/s1. The fourth-order valence-corrected chi connectivity index (χ4v) is 6.06. The van der Waals surface area contributed by atoms with Gasteiger partial charge in [0.05, 0.1) is 12.3 Å². The Labute approximate surface area is 188 Å². The molecule has 2 rings (SSSR count). The van der Waals surface area contributed by atoms with Crippen LogP contribution < -0.4 is 11.4 Å². The fourth-order valence-electron chi connectivity index (χ4n) is 2.86. The number of alkyl halides is 1. The maximum absolute atomic E-state index is 15.7. The van der Waals surface area contributed by atoms with Crippen molar-refractivity contribution in [2.24, 2.45) is 0 Å².